The summed E-state index contributed by atoms with van der Waals surface area (Å²) in [5.74, 6) is -0.840. The SMILES string of the molecule is O=C(Nc1ccccc1)Nc1ccc(C(=O)NCC(F)(F)F)cc1. The van der Waals surface area contributed by atoms with Crippen LogP contribution in [-0.2, 0) is 0 Å². The molecular formula is C16H14F3N3O2. The molecule has 2 aromatic rings. The highest BCUT2D eigenvalue weighted by Gasteiger charge is 2.27. The summed E-state index contributed by atoms with van der Waals surface area (Å²) in [6.07, 6.45) is -4.47. The Morgan fingerprint density at radius 1 is 0.833 bits per heavy atom. The fourth-order valence-corrected chi connectivity index (χ4v) is 1.80. The second-order valence-corrected chi connectivity index (χ2v) is 4.82. The van der Waals surface area contributed by atoms with Gasteiger partial charge in [-0.3, -0.25) is 4.79 Å². The first-order valence-corrected chi connectivity index (χ1v) is 6.91. The van der Waals surface area contributed by atoms with Crippen LogP contribution in [0.4, 0.5) is 29.3 Å². The third kappa shape index (κ3) is 5.64. The molecular weight excluding hydrogens is 323 g/mol. The van der Waals surface area contributed by atoms with Crippen LogP contribution in [0.25, 0.3) is 0 Å². The number of benzene rings is 2. The minimum atomic E-state index is -4.47. The lowest BCUT2D eigenvalue weighted by Gasteiger charge is -2.10. The largest absolute Gasteiger partial charge is 0.405 e. The Bertz CT molecular complexity index is 701. The highest BCUT2D eigenvalue weighted by atomic mass is 19.4. The Kier molecular flexibility index (Phi) is 5.41. The number of halogens is 3. The van der Waals surface area contributed by atoms with Gasteiger partial charge in [0.2, 0.25) is 0 Å². The molecule has 126 valence electrons. The van der Waals surface area contributed by atoms with Crippen molar-refractivity contribution in [2.75, 3.05) is 17.2 Å². The van der Waals surface area contributed by atoms with Crippen LogP contribution in [-0.4, -0.2) is 24.7 Å². The van der Waals surface area contributed by atoms with Crippen molar-refractivity contribution in [3.05, 3.63) is 60.2 Å². The second-order valence-electron chi connectivity index (χ2n) is 4.82. The molecule has 0 fully saturated rings. The molecule has 0 aromatic heterocycles. The fourth-order valence-electron chi connectivity index (χ4n) is 1.80. The molecule has 0 saturated heterocycles. The minimum absolute atomic E-state index is 0.0632. The highest BCUT2D eigenvalue weighted by Crippen LogP contribution is 2.14. The van der Waals surface area contributed by atoms with Crippen molar-refractivity contribution in [3.8, 4) is 0 Å². The number of hydrogen-bond donors (Lipinski definition) is 3. The van der Waals surface area contributed by atoms with E-state index in [2.05, 4.69) is 10.6 Å². The van der Waals surface area contributed by atoms with E-state index in [1.165, 1.54) is 24.3 Å². The number of urea groups is 1. The highest BCUT2D eigenvalue weighted by molar-refractivity contribution is 6.00. The third-order valence-electron chi connectivity index (χ3n) is 2.89. The van der Waals surface area contributed by atoms with Crippen LogP contribution >= 0.6 is 0 Å². The van der Waals surface area contributed by atoms with Crippen LogP contribution in [0.15, 0.2) is 54.6 Å². The minimum Gasteiger partial charge on any atom is -0.343 e. The maximum atomic E-state index is 12.0. The predicted molar refractivity (Wildman–Crippen MR) is 83.9 cm³/mol. The number of rotatable bonds is 4. The van der Waals surface area contributed by atoms with Gasteiger partial charge >= 0.3 is 12.2 Å². The summed E-state index contributed by atoms with van der Waals surface area (Å²) in [6.45, 7) is -1.40. The summed E-state index contributed by atoms with van der Waals surface area (Å²) in [6, 6.07) is 13.8. The molecule has 24 heavy (non-hydrogen) atoms. The zero-order valence-electron chi connectivity index (χ0n) is 12.4. The summed E-state index contributed by atoms with van der Waals surface area (Å²) in [5, 5.41) is 6.93. The Morgan fingerprint density at radius 3 is 1.92 bits per heavy atom. The Morgan fingerprint density at radius 2 is 1.38 bits per heavy atom. The van der Waals surface area contributed by atoms with Gasteiger partial charge in [0.15, 0.2) is 0 Å². The molecule has 0 aliphatic rings. The van der Waals surface area contributed by atoms with Gasteiger partial charge in [-0.15, -0.1) is 0 Å². The summed E-state index contributed by atoms with van der Waals surface area (Å²) >= 11 is 0. The summed E-state index contributed by atoms with van der Waals surface area (Å²) in [4.78, 5) is 23.3. The van der Waals surface area contributed by atoms with E-state index in [0.29, 0.717) is 11.4 Å². The maximum absolute atomic E-state index is 12.0. The van der Waals surface area contributed by atoms with Gasteiger partial charge in [0.25, 0.3) is 5.91 Å². The number of para-hydroxylation sites is 1. The van der Waals surface area contributed by atoms with Crippen molar-refractivity contribution in [1.82, 2.24) is 5.32 Å². The molecule has 2 aromatic carbocycles. The maximum Gasteiger partial charge on any atom is 0.405 e. The number of alkyl halides is 3. The Labute approximate surface area is 135 Å². The number of nitrogens with one attached hydrogen (secondary N) is 3. The van der Waals surface area contributed by atoms with Crippen molar-refractivity contribution >= 4 is 23.3 Å². The van der Waals surface area contributed by atoms with Gasteiger partial charge in [0.1, 0.15) is 6.54 Å². The van der Waals surface area contributed by atoms with E-state index in [1.807, 2.05) is 6.07 Å². The first kappa shape index (κ1) is 17.3. The van der Waals surface area contributed by atoms with E-state index in [-0.39, 0.29) is 5.56 Å². The number of anilines is 2. The van der Waals surface area contributed by atoms with E-state index in [0.717, 1.165) is 0 Å². The van der Waals surface area contributed by atoms with Gasteiger partial charge < -0.3 is 16.0 Å². The van der Waals surface area contributed by atoms with Crippen LogP contribution in [0.2, 0.25) is 0 Å². The average molecular weight is 337 g/mol. The molecule has 0 radical (unpaired) electrons. The quantitative estimate of drug-likeness (QED) is 0.797. The molecule has 0 aliphatic heterocycles. The number of hydrogen-bond acceptors (Lipinski definition) is 2. The lowest BCUT2D eigenvalue weighted by atomic mass is 10.2. The fraction of sp³-hybridized carbons (Fsp3) is 0.125. The van der Waals surface area contributed by atoms with Crippen molar-refractivity contribution < 1.29 is 22.8 Å². The Balaban J connectivity index is 1.89. The monoisotopic (exact) mass is 337 g/mol. The molecule has 0 spiro atoms. The molecule has 3 N–H and O–H groups in total. The molecule has 0 aliphatic carbocycles. The molecule has 0 bridgehead atoms. The normalized spacial score (nSPS) is 10.8. The summed E-state index contributed by atoms with van der Waals surface area (Å²) in [5.41, 5.74) is 1.07. The van der Waals surface area contributed by atoms with Gasteiger partial charge in [-0.05, 0) is 36.4 Å². The smallest absolute Gasteiger partial charge is 0.343 e. The molecule has 8 heteroatoms. The average Bonchev–Trinajstić information content (AvgIpc) is 2.53. The van der Waals surface area contributed by atoms with E-state index in [9.17, 15) is 22.8 Å². The lowest BCUT2D eigenvalue weighted by molar-refractivity contribution is -0.123. The third-order valence-corrected chi connectivity index (χ3v) is 2.89. The molecule has 0 atom stereocenters. The second kappa shape index (κ2) is 7.49. The van der Waals surface area contributed by atoms with Crippen molar-refractivity contribution in [2.24, 2.45) is 0 Å². The number of carbonyl (C=O) groups is 2. The van der Waals surface area contributed by atoms with Crippen LogP contribution < -0.4 is 16.0 Å². The van der Waals surface area contributed by atoms with E-state index < -0.39 is 24.7 Å². The van der Waals surface area contributed by atoms with Crippen LogP contribution in [0, 0.1) is 0 Å². The van der Waals surface area contributed by atoms with E-state index in [4.69, 9.17) is 0 Å². The predicted octanol–water partition coefficient (Wildman–Crippen LogP) is 3.62. The molecule has 2 rings (SSSR count). The van der Waals surface area contributed by atoms with Crippen LogP contribution in [0.1, 0.15) is 10.4 Å². The topological polar surface area (TPSA) is 70.2 Å². The van der Waals surface area contributed by atoms with Gasteiger partial charge in [0, 0.05) is 16.9 Å². The first-order valence-electron chi connectivity index (χ1n) is 6.91. The van der Waals surface area contributed by atoms with Crippen molar-refractivity contribution in [1.29, 1.82) is 0 Å². The van der Waals surface area contributed by atoms with Crippen LogP contribution in [0.5, 0.6) is 0 Å². The molecule has 0 saturated carbocycles. The molecule has 0 unspecified atom stereocenters. The van der Waals surface area contributed by atoms with Gasteiger partial charge in [-0.2, -0.15) is 13.2 Å². The molecule has 3 amide bonds. The standard InChI is InChI=1S/C16H14F3N3O2/c17-16(18,19)10-20-14(23)11-6-8-13(9-7-11)22-15(24)21-12-4-2-1-3-5-12/h1-9H,10H2,(H,20,23)(H2,21,22,24). The molecule has 0 heterocycles. The Hall–Kier alpha value is -3.03. The van der Waals surface area contributed by atoms with Crippen molar-refractivity contribution in [2.45, 2.75) is 6.18 Å². The van der Waals surface area contributed by atoms with Gasteiger partial charge in [0.05, 0.1) is 0 Å². The van der Waals surface area contributed by atoms with Gasteiger partial charge in [-0.1, -0.05) is 18.2 Å². The van der Waals surface area contributed by atoms with Crippen LogP contribution in [0.3, 0.4) is 0 Å². The first-order chi connectivity index (χ1) is 11.3. The zero-order chi connectivity index (χ0) is 17.6. The molecule has 5 nitrogen and oxygen atoms in total. The number of amides is 3. The van der Waals surface area contributed by atoms with E-state index in [1.54, 1.807) is 29.6 Å². The number of carbonyl (C=O) groups excluding carboxylic acids is 2. The van der Waals surface area contributed by atoms with Gasteiger partial charge in [-0.25, -0.2) is 4.79 Å². The van der Waals surface area contributed by atoms with E-state index >= 15 is 0 Å². The zero-order valence-corrected chi connectivity index (χ0v) is 12.4. The summed E-state index contributed by atoms with van der Waals surface area (Å²) < 4.78 is 36.1. The summed E-state index contributed by atoms with van der Waals surface area (Å²) in [7, 11) is 0. The lowest BCUT2D eigenvalue weighted by Crippen LogP contribution is -2.33. The van der Waals surface area contributed by atoms with Crippen molar-refractivity contribution in [3.63, 3.8) is 0 Å².